The van der Waals surface area contributed by atoms with Gasteiger partial charge in [0.1, 0.15) is 0 Å². The molecule has 4 atom stereocenters. The molecule has 2 rings (SSSR count). The van der Waals surface area contributed by atoms with Gasteiger partial charge in [-0.2, -0.15) is 0 Å². The van der Waals surface area contributed by atoms with Gasteiger partial charge in [-0.3, -0.25) is 4.99 Å². The summed E-state index contributed by atoms with van der Waals surface area (Å²) < 4.78 is 0. The first-order valence-corrected chi connectivity index (χ1v) is 7.10. The van der Waals surface area contributed by atoms with Crippen LogP contribution in [0.3, 0.4) is 0 Å². The van der Waals surface area contributed by atoms with Gasteiger partial charge in [-0.25, -0.2) is 0 Å². The molecular weight excluding hydrogens is 210 g/mol. The molecule has 1 heterocycles. The van der Waals surface area contributed by atoms with Crippen LogP contribution in [0.15, 0.2) is 4.99 Å². The van der Waals surface area contributed by atoms with Crippen molar-refractivity contribution in [3.63, 3.8) is 0 Å². The molecule has 1 saturated carbocycles. The minimum atomic E-state index is 0.219. The van der Waals surface area contributed by atoms with Crippen molar-refractivity contribution in [1.29, 1.82) is 0 Å². The monoisotopic (exact) mass is 237 g/mol. The molecule has 1 aliphatic carbocycles. The Morgan fingerprint density at radius 1 is 1.47 bits per heavy atom. The van der Waals surface area contributed by atoms with E-state index < -0.39 is 0 Å². The molecule has 3 nitrogen and oxygen atoms in total. The number of hydrogen-bond acceptors (Lipinski definition) is 3. The van der Waals surface area contributed by atoms with Gasteiger partial charge in [0, 0.05) is 6.04 Å². The minimum absolute atomic E-state index is 0.219. The summed E-state index contributed by atoms with van der Waals surface area (Å²) in [5.41, 5.74) is 6.36. The lowest BCUT2D eigenvalue weighted by Gasteiger charge is -2.50. The van der Waals surface area contributed by atoms with Gasteiger partial charge in [0.2, 0.25) is 0 Å². The number of nitrogens with zero attached hydrogens (tertiary/aromatic N) is 2. The summed E-state index contributed by atoms with van der Waals surface area (Å²) >= 11 is 0. The highest BCUT2D eigenvalue weighted by molar-refractivity contribution is 5.81. The predicted molar refractivity (Wildman–Crippen MR) is 73.0 cm³/mol. The van der Waals surface area contributed by atoms with E-state index in [1.165, 1.54) is 19.3 Å². The third kappa shape index (κ3) is 1.94. The van der Waals surface area contributed by atoms with Crippen molar-refractivity contribution >= 4 is 5.96 Å². The van der Waals surface area contributed by atoms with E-state index >= 15 is 0 Å². The highest BCUT2D eigenvalue weighted by Gasteiger charge is 2.50. The molecule has 3 heteroatoms. The van der Waals surface area contributed by atoms with Gasteiger partial charge in [-0.15, -0.1) is 0 Å². The molecule has 2 aliphatic rings. The molecule has 98 valence electrons. The fourth-order valence-electron chi connectivity index (χ4n) is 3.71. The first-order valence-electron chi connectivity index (χ1n) is 7.10. The Balaban J connectivity index is 2.28. The molecule has 0 radical (unpaired) electrons. The number of hydrogen-bond donors (Lipinski definition) is 1. The molecule has 0 aromatic carbocycles. The summed E-state index contributed by atoms with van der Waals surface area (Å²) in [6.07, 6.45) is 5.07. The molecule has 0 aromatic heterocycles. The van der Waals surface area contributed by atoms with Crippen LogP contribution in [0.25, 0.3) is 0 Å². The zero-order valence-electron chi connectivity index (χ0n) is 11.7. The van der Waals surface area contributed by atoms with Gasteiger partial charge in [-0.05, 0) is 38.0 Å². The zero-order chi connectivity index (χ0) is 12.6. The second-order valence-corrected chi connectivity index (χ2v) is 6.19. The second kappa shape index (κ2) is 4.51. The molecule has 2 N–H and O–H groups in total. The number of aliphatic imine (C=N–C) groups is 1. The molecule has 1 fully saturated rings. The van der Waals surface area contributed by atoms with E-state index in [0.29, 0.717) is 12.0 Å². The quantitative estimate of drug-likeness (QED) is 0.802. The summed E-state index contributed by atoms with van der Waals surface area (Å²) in [7, 11) is 0. The number of rotatable bonds is 2. The van der Waals surface area contributed by atoms with Crippen LogP contribution in [0.5, 0.6) is 0 Å². The molecule has 4 unspecified atom stereocenters. The number of nitrogens with two attached hydrogens (primary N) is 1. The Morgan fingerprint density at radius 2 is 2.18 bits per heavy atom. The van der Waals surface area contributed by atoms with Crippen molar-refractivity contribution in [3.8, 4) is 0 Å². The first kappa shape index (κ1) is 12.7. The zero-order valence-corrected chi connectivity index (χ0v) is 11.7. The minimum Gasteiger partial charge on any atom is -0.370 e. The molecule has 0 saturated heterocycles. The van der Waals surface area contributed by atoms with Crippen LogP contribution < -0.4 is 5.73 Å². The molecule has 0 amide bonds. The summed E-state index contributed by atoms with van der Waals surface area (Å²) in [6, 6.07) is 0.508. The Morgan fingerprint density at radius 3 is 2.82 bits per heavy atom. The number of guanidine groups is 1. The van der Waals surface area contributed by atoms with E-state index in [9.17, 15) is 0 Å². The predicted octanol–water partition coefficient (Wildman–Crippen LogP) is 2.61. The van der Waals surface area contributed by atoms with Crippen LogP contribution in [0, 0.1) is 11.8 Å². The van der Waals surface area contributed by atoms with E-state index in [0.717, 1.165) is 24.8 Å². The van der Waals surface area contributed by atoms with Crippen LogP contribution in [0.1, 0.15) is 53.4 Å². The Hall–Kier alpha value is -0.730. The van der Waals surface area contributed by atoms with Crippen molar-refractivity contribution in [1.82, 2.24) is 4.90 Å². The van der Waals surface area contributed by atoms with Crippen LogP contribution in [-0.2, 0) is 0 Å². The molecule has 17 heavy (non-hydrogen) atoms. The van der Waals surface area contributed by atoms with Gasteiger partial charge < -0.3 is 10.6 Å². The Kier molecular flexibility index (Phi) is 3.37. The molecule has 0 bridgehead atoms. The normalized spacial score (nSPS) is 39.5. The Labute approximate surface area is 105 Å². The van der Waals surface area contributed by atoms with Crippen molar-refractivity contribution in [2.45, 2.75) is 65.0 Å². The average Bonchev–Trinajstić information content (AvgIpc) is 2.62. The van der Waals surface area contributed by atoms with Gasteiger partial charge in [0.15, 0.2) is 5.96 Å². The molecule has 1 aliphatic heterocycles. The fourth-order valence-corrected chi connectivity index (χ4v) is 3.71. The molecular formula is C14H27N3. The summed E-state index contributed by atoms with van der Waals surface area (Å²) in [4.78, 5) is 7.01. The summed E-state index contributed by atoms with van der Waals surface area (Å²) in [5, 5.41) is 0. The third-order valence-electron chi connectivity index (χ3n) is 4.98. The van der Waals surface area contributed by atoms with E-state index in [1.54, 1.807) is 0 Å². The lowest BCUT2D eigenvalue weighted by molar-refractivity contribution is 0.0359. The van der Waals surface area contributed by atoms with Crippen molar-refractivity contribution in [2.24, 2.45) is 22.6 Å². The lowest BCUT2D eigenvalue weighted by Crippen LogP contribution is -2.60. The van der Waals surface area contributed by atoms with Crippen molar-refractivity contribution in [2.75, 3.05) is 6.54 Å². The van der Waals surface area contributed by atoms with E-state index in [-0.39, 0.29) is 5.54 Å². The largest absolute Gasteiger partial charge is 0.370 e. The maximum Gasteiger partial charge on any atom is 0.192 e. The summed E-state index contributed by atoms with van der Waals surface area (Å²) in [6.45, 7) is 10.2. The SMILES string of the molecule is CCC(C)N1C(N)=NCC12CC(C)CCC2C. The summed E-state index contributed by atoms with van der Waals surface area (Å²) in [5.74, 6) is 2.29. The van der Waals surface area contributed by atoms with Crippen molar-refractivity contribution in [3.05, 3.63) is 0 Å². The fraction of sp³-hybridized carbons (Fsp3) is 0.929. The Bertz CT molecular complexity index is 313. The van der Waals surface area contributed by atoms with Crippen LogP contribution in [0.4, 0.5) is 0 Å². The maximum absolute atomic E-state index is 6.14. The smallest absolute Gasteiger partial charge is 0.192 e. The van der Waals surface area contributed by atoms with Gasteiger partial charge in [0.05, 0.1) is 12.1 Å². The molecule has 1 spiro atoms. The third-order valence-corrected chi connectivity index (χ3v) is 4.98. The average molecular weight is 237 g/mol. The maximum atomic E-state index is 6.14. The highest BCUT2D eigenvalue weighted by Crippen LogP contribution is 2.44. The van der Waals surface area contributed by atoms with Crippen molar-refractivity contribution < 1.29 is 0 Å². The van der Waals surface area contributed by atoms with Crippen LogP contribution >= 0.6 is 0 Å². The standard InChI is InChI=1S/C14H27N3/c1-5-12(4)17-13(15)16-9-14(17)8-10(2)6-7-11(14)3/h10-12H,5-9H2,1-4H3,(H2,15,16). The topological polar surface area (TPSA) is 41.6 Å². The van der Waals surface area contributed by atoms with Crippen LogP contribution in [-0.4, -0.2) is 29.0 Å². The second-order valence-electron chi connectivity index (χ2n) is 6.19. The molecule has 0 aromatic rings. The highest BCUT2D eigenvalue weighted by atomic mass is 15.4. The first-order chi connectivity index (χ1) is 8.01. The van der Waals surface area contributed by atoms with Gasteiger partial charge in [-0.1, -0.05) is 27.2 Å². The van der Waals surface area contributed by atoms with E-state index in [4.69, 9.17) is 5.73 Å². The van der Waals surface area contributed by atoms with Crippen LogP contribution in [0.2, 0.25) is 0 Å². The lowest BCUT2D eigenvalue weighted by atomic mass is 9.68. The van der Waals surface area contributed by atoms with E-state index in [1.807, 2.05) is 0 Å². The van der Waals surface area contributed by atoms with E-state index in [2.05, 4.69) is 37.6 Å². The van der Waals surface area contributed by atoms with Gasteiger partial charge >= 0.3 is 0 Å². The van der Waals surface area contributed by atoms with Gasteiger partial charge in [0.25, 0.3) is 0 Å².